The molecule has 0 amide bonds. The van der Waals surface area contributed by atoms with Crippen LogP contribution in [0.25, 0.3) is 0 Å². The Bertz CT molecular complexity index is 310. The molecule has 1 heterocycles. The number of rotatable bonds is 6. The molecule has 0 bridgehead atoms. The summed E-state index contributed by atoms with van der Waals surface area (Å²) in [4.78, 5) is 0. The van der Waals surface area contributed by atoms with Crippen LogP contribution in [0, 0.1) is 6.92 Å². The summed E-state index contributed by atoms with van der Waals surface area (Å²) in [7, 11) is 1.94. The summed E-state index contributed by atoms with van der Waals surface area (Å²) in [6, 6.07) is 0. The molecule has 0 aliphatic heterocycles. The van der Waals surface area contributed by atoms with Crippen molar-refractivity contribution < 1.29 is 5.11 Å². The lowest BCUT2D eigenvalue weighted by Crippen LogP contribution is -1.95. The SMILES string of the molecule is CCCCCSc1c(CO)c(C)nn1C. The summed E-state index contributed by atoms with van der Waals surface area (Å²) >= 11 is 1.80. The molecule has 1 aromatic heterocycles. The van der Waals surface area contributed by atoms with E-state index in [4.69, 9.17) is 0 Å². The van der Waals surface area contributed by atoms with Crippen LogP contribution >= 0.6 is 11.8 Å². The van der Waals surface area contributed by atoms with E-state index in [1.807, 2.05) is 18.7 Å². The van der Waals surface area contributed by atoms with Crippen LogP contribution in [0.2, 0.25) is 0 Å². The first-order chi connectivity index (χ1) is 7.20. The average Bonchev–Trinajstić information content (AvgIpc) is 2.48. The highest BCUT2D eigenvalue weighted by Gasteiger charge is 2.11. The minimum absolute atomic E-state index is 0.0930. The fraction of sp³-hybridized carbons (Fsp3) is 0.727. The lowest BCUT2D eigenvalue weighted by molar-refractivity contribution is 0.277. The van der Waals surface area contributed by atoms with Gasteiger partial charge in [-0.05, 0) is 19.1 Å². The second kappa shape index (κ2) is 6.18. The van der Waals surface area contributed by atoms with Crippen LogP contribution in [0.1, 0.15) is 37.4 Å². The van der Waals surface area contributed by atoms with Crippen molar-refractivity contribution in [2.45, 2.75) is 44.7 Å². The zero-order valence-corrected chi connectivity index (χ0v) is 10.6. The Morgan fingerprint density at radius 1 is 1.40 bits per heavy atom. The maximum Gasteiger partial charge on any atom is 0.0994 e. The van der Waals surface area contributed by atoms with E-state index in [1.165, 1.54) is 19.3 Å². The molecular weight excluding hydrogens is 208 g/mol. The van der Waals surface area contributed by atoms with Gasteiger partial charge >= 0.3 is 0 Å². The fourth-order valence-electron chi connectivity index (χ4n) is 1.56. The number of aliphatic hydroxyl groups is 1. The van der Waals surface area contributed by atoms with E-state index < -0.39 is 0 Å². The van der Waals surface area contributed by atoms with Gasteiger partial charge in [-0.25, -0.2) is 0 Å². The van der Waals surface area contributed by atoms with Crippen LogP contribution in [-0.2, 0) is 13.7 Å². The summed E-state index contributed by atoms with van der Waals surface area (Å²) < 4.78 is 1.87. The van der Waals surface area contributed by atoms with Crippen molar-refractivity contribution in [3.63, 3.8) is 0 Å². The molecule has 1 rings (SSSR count). The Balaban J connectivity index is 2.59. The standard InChI is InChI=1S/C11H20N2OS/c1-4-5-6-7-15-11-10(8-14)9(2)12-13(11)3/h14H,4-8H2,1-3H3. The predicted octanol–water partition coefficient (Wildman–Crippen LogP) is 2.50. The lowest BCUT2D eigenvalue weighted by atomic mass is 10.3. The second-order valence-corrected chi connectivity index (χ2v) is 4.79. The van der Waals surface area contributed by atoms with E-state index >= 15 is 0 Å². The summed E-state index contributed by atoms with van der Waals surface area (Å²) in [5.74, 6) is 1.11. The van der Waals surface area contributed by atoms with Gasteiger partial charge in [-0.2, -0.15) is 5.10 Å². The number of aromatic nitrogens is 2. The third kappa shape index (κ3) is 3.24. The molecule has 0 aliphatic carbocycles. The third-order valence-corrected chi connectivity index (χ3v) is 3.71. The molecular formula is C11H20N2OS. The van der Waals surface area contributed by atoms with Crippen LogP contribution in [0.3, 0.4) is 0 Å². The zero-order chi connectivity index (χ0) is 11.3. The van der Waals surface area contributed by atoms with E-state index in [9.17, 15) is 5.11 Å². The van der Waals surface area contributed by atoms with Crippen molar-refractivity contribution in [3.8, 4) is 0 Å². The molecule has 1 aromatic rings. The first-order valence-electron chi connectivity index (χ1n) is 5.46. The van der Waals surface area contributed by atoms with E-state index in [-0.39, 0.29) is 6.61 Å². The highest BCUT2D eigenvalue weighted by Crippen LogP contribution is 2.25. The van der Waals surface area contributed by atoms with Gasteiger partial charge in [0.15, 0.2) is 0 Å². The minimum Gasteiger partial charge on any atom is -0.392 e. The Labute approximate surface area is 95.9 Å². The Morgan fingerprint density at radius 2 is 2.13 bits per heavy atom. The number of thioether (sulfide) groups is 1. The van der Waals surface area contributed by atoms with Gasteiger partial charge in [0, 0.05) is 12.6 Å². The fourth-order valence-corrected chi connectivity index (χ4v) is 2.72. The van der Waals surface area contributed by atoms with Gasteiger partial charge in [-0.15, -0.1) is 11.8 Å². The van der Waals surface area contributed by atoms with Gasteiger partial charge in [-0.3, -0.25) is 4.68 Å². The van der Waals surface area contributed by atoms with Crippen molar-refractivity contribution in [1.29, 1.82) is 0 Å². The molecule has 1 N–H and O–H groups in total. The van der Waals surface area contributed by atoms with Gasteiger partial charge in [0.1, 0.15) is 0 Å². The van der Waals surface area contributed by atoms with Gasteiger partial charge < -0.3 is 5.11 Å². The van der Waals surface area contributed by atoms with Crippen LogP contribution in [-0.4, -0.2) is 20.6 Å². The number of hydrogen-bond donors (Lipinski definition) is 1. The molecule has 0 fully saturated rings. The molecule has 0 unspecified atom stereocenters. The maximum absolute atomic E-state index is 9.25. The molecule has 4 heteroatoms. The van der Waals surface area contributed by atoms with Crippen LogP contribution in [0.4, 0.5) is 0 Å². The molecule has 86 valence electrons. The largest absolute Gasteiger partial charge is 0.392 e. The zero-order valence-electron chi connectivity index (χ0n) is 9.79. The minimum atomic E-state index is 0.0930. The maximum atomic E-state index is 9.25. The smallest absolute Gasteiger partial charge is 0.0994 e. The molecule has 3 nitrogen and oxygen atoms in total. The summed E-state index contributed by atoms with van der Waals surface area (Å²) in [6.07, 6.45) is 3.76. The molecule has 0 aromatic carbocycles. The van der Waals surface area contributed by atoms with Gasteiger partial charge in [0.05, 0.1) is 17.3 Å². The predicted molar refractivity (Wildman–Crippen MR) is 64.1 cm³/mol. The quantitative estimate of drug-likeness (QED) is 0.600. The van der Waals surface area contributed by atoms with Gasteiger partial charge in [-0.1, -0.05) is 19.8 Å². The second-order valence-electron chi connectivity index (χ2n) is 3.71. The highest BCUT2D eigenvalue weighted by atomic mass is 32.2. The Morgan fingerprint density at radius 3 is 2.73 bits per heavy atom. The van der Waals surface area contributed by atoms with Crippen molar-refractivity contribution in [1.82, 2.24) is 9.78 Å². The number of unbranched alkanes of at least 4 members (excludes halogenated alkanes) is 2. The number of hydrogen-bond acceptors (Lipinski definition) is 3. The highest BCUT2D eigenvalue weighted by molar-refractivity contribution is 7.99. The van der Waals surface area contributed by atoms with Crippen LogP contribution in [0.15, 0.2) is 5.03 Å². The van der Waals surface area contributed by atoms with Gasteiger partial charge in [0.2, 0.25) is 0 Å². The van der Waals surface area contributed by atoms with Crippen LogP contribution in [0.5, 0.6) is 0 Å². The van der Waals surface area contributed by atoms with Crippen molar-refractivity contribution in [2.75, 3.05) is 5.75 Å². The molecule has 0 atom stereocenters. The van der Waals surface area contributed by atoms with Crippen LogP contribution < -0.4 is 0 Å². The monoisotopic (exact) mass is 228 g/mol. The number of aliphatic hydroxyl groups excluding tert-OH is 1. The van der Waals surface area contributed by atoms with E-state index in [0.717, 1.165) is 22.0 Å². The summed E-state index contributed by atoms with van der Waals surface area (Å²) in [5.41, 5.74) is 1.93. The Hall–Kier alpha value is -0.480. The number of nitrogens with zero attached hydrogens (tertiary/aromatic N) is 2. The molecule has 0 saturated carbocycles. The Kier molecular flexibility index (Phi) is 5.19. The lowest BCUT2D eigenvalue weighted by Gasteiger charge is -2.03. The molecule has 0 aliphatic rings. The normalized spacial score (nSPS) is 10.9. The molecule has 0 radical (unpaired) electrons. The molecule has 0 saturated heterocycles. The molecule has 0 spiro atoms. The topological polar surface area (TPSA) is 38.1 Å². The average molecular weight is 228 g/mol. The van der Waals surface area contributed by atoms with E-state index in [0.29, 0.717) is 0 Å². The first-order valence-corrected chi connectivity index (χ1v) is 6.45. The van der Waals surface area contributed by atoms with E-state index in [1.54, 1.807) is 11.8 Å². The van der Waals surface area contributed by atoms with Crippen molar-refractivity contribution in [2.24, 2.45) is 7.05 Å². The van der Waals surface area contributed by atoms with E-state index in [2.05, 4.69) is 12.0 Å². The number of aryl methyl sites for hydroxylation is 2. The van der Waals surface area contributed by atoms with Crippen molar-refractivity contribution >= 4 is 11.8 Å². The summed E-state index contributed by atoms with van der Waals surface area (Å²) in [6.45, 7) is 4.25. The van der Waals surface area contributed by atoms with Crippen molar-refractivity contribution in [3.05, 3.63) is 11.3 Å². The summed E-state index contributed by atoms with van der Waals surface area (Å²) in [5, 5.41) is 14.7. The third-order valence-electron chi connectivity index (χ3n) is 2.43. The van der Waals surface area contributed by atoms with Gasteiger partial charge in [0.25, 0.3) is 0 Å². The first kappa shape index (κ1) is 12.6. The molecule has 15 heavy (non-hydrogen) atoms.